The van der Waals surface area contributed by atoms with Gasteiger partial charge in [0.1, 0.15) is 0 Å². The van der Waals surface area contributed by atoms with E-state index in [1.54, 1.807) is 30.9 Å². The minimum atomic E-state index is -0.448. The van der Waals surface area contributed by atoms with Crippen LogP contribution in [-0.4, -0.2) is 36.4 Å². The smallest absolute Gasteiger partial charge is 0.240 e. The van der Waals surface area contributed by atoms with Gasteiger partial charge in [-0.2, -0.15) is 0 Å². The number of hydrogen-bond acceptors (Lipinski definition) is 3. The van der Waals surface area contributed by atoms with Crippen LogP contribution in [0, 0.1) is 5.82 Å². The van der Waals surface area contributed by atoms with Crippen molar-refractivity contribution in [1.82, 2.24) is 10.2 Å². The van der Waals surface area contributed by atoms with Crippen LogP contribution in [0.5, 0.6) is 5.75 Å². The van der Waals surface area contributed by atoms with Crippen molar-refractivity contribution < 1.29 is 18.7 Å². The lowest BCUT2D eigenvalue weighted by molar-refractivity contribution is -0.138. The number of rotatable bonds is 6. The lowest BCUT2D eigenvalue weighted by Crippen LogP contribution is -2.43. The first kappa shape index (κ1) is 17.2. The van der Waals surface area contributed by atoms with Gasteiger partial charge in [0.25, 0.3) is 0 Å². The summed E-state index contributed by atoms with van der Waals surface area (Å²) in [5, 5.41) is 2.80. The number of likely N-dealkylation sites (tertiary alicyclic amines) is 1. The van der Waals surface area contributed by atoms with Crippen molar-refractivity contribution in [3.63, 3.8) is 0 Å². The van der Waals surface area contributed by atoms with E-state index in [4.69, 9.17) is 4.74 Å². The summed E-state index contributed by atoms with van der Waals surface area (Å²) in [6.45, 7) is 4.65. The molecule has 1 aliphatic rings. The van der Waals surface area contributed by atoms with Crippen LogP contribution >= 0.6 is 0 Å². The van der Waals surface area contributed by atoms with Crippen molar-refractivity contribution in [2.24, 2.45) is 0 Å². The maximum atomic E-state index is 13.9. The summed E-state index contributed by atoms with van der Waals surface area (Å²) in [7, 11) is 0. The highest BCUT2D eigenvalue weighted by Crippen LogP contribution is 2.22. The molecule has 126 valence electrons. The van der Waals surface area contributed by atoms with E-state index in [1.165, 1.54) is 6.07 Å². The third kappa shape index (κ3) is 4.68. The lowest BCUT2D eigenvalue weighted by Gasteiger charge is -2.26. The first-order valence-electron chi connectivity index (χ1n) is 8.00. The molecule has 2 rings (SSSR count). The third-order valence-corrected chi connectivity index (χ3v) is 3.89. The van der Waals surface area contributed by atoms with Crippen LogP contribution in [0.1, 0.15) is 44.7 Å². The molecule has 1 N–H and O–H groups in total. The molecule has 1 aromatic carbocycles. The zero-order valence-corrected chi connectivity index (χ0v) is 13.6. The van der Waals surface area contributed by atoms with E-state index >= 15 is 0 Å². The summed E-state index contributed by atoms with van der Waals surface area (Å²) < 4.78 is 19.0. The van der Waals surface area contributed by atoms with Crippen LogP contribution < -0.4 is 10.1 Å². The van der Waals surface area contributed by atoms with Crippen molar-refractivity contribution in [2.45, 2.75) is 39.2 Å². The van der Waals surface area contributed by atoms with E-state index in [1.807, 2.05) is 0 Å². The molecule has 0 spiro atoms. The van der Waals surface area contributed by atoms with Crippen LogP contribution in [-0.2, 0) is 9.59 Å². The van der Waals surface area contributed by atoms with Gasteiger partial charge >= 0.3 is 0 Å². The van der Waals surface area contributed by atoms with Gasteiger partial charge in [-0.05, 0) is 44.4 Å². The number of benzene rings is 1. The van der Waals surface area contributed by atoms with Crippen LogP contribution in [0.15, 0.2) is 18.2 Å². The molecular weight excluding hydrogens is 299 g/mol. The largest absolute Gasteiger partial charge is 0.491 e. The van der Waals surface area contributed by atoms with E-state index in [0.29, 0.717) is 25.1 Å². The summed E-state index contributed by atoms with van der Waals surface area (Å²) >= 11 is 0. The SMILES string of the molecule is CCOc1ccc([C@H](C)NC(=O)CN2CCCCC2=O)cc1F. The second-order valence-corrected chi connectivity index (χ2v) is 5.68. The molecule has 1 aliphatic heterocycles. The molecule has 5 nitrogen and oxygen atoms in total. The molecule has 23 heavy (non-hydrogen) atoms. The molecule has 0 saturated carbocycles. The van der Waals surface area contributed by atoms with Crippen molar-refractivity contribution >= 4 is 11.8 Å². The fraction of sp³-hybridized carbons (Fsp3) is 0.529. The highest BCUT2D eigenvalue weighted by Gasteiger charge is 2.21. The zero-order chi connectivity index (χ0) is 16.8. The third-order valence-electron chi connectivity index (χ3n) is 3.89. The Bertz CT molecular complexity index is 577. The Morgan fingerprint density at radius 2 is 2.22 bits per heavy atom. The summed E-state index contributed by atoms with van der Waals surface area (Å²) in [4.78, 5) is 25.4. The second kappa shape index (κ2) is 7.94. The highest BCUT2D eigenvalue weighted by molar-refractivity contribution is 5.85. The Morgan fingerprint density at radius 1 is 1.43 bits per heavy atom. The molecule has 1 heterocycles. The average Bonchev–Trinajstić information content (AvgIpc) is 2.51. The number of carbonyl (C=O) groups excluding carboxylic acids is 2. The fourth-order valence-corrected chi connectivity index (χ4v) is 2.63. The minimum Gasteiger partial charge on any atom is -0.491 e. The second-order valence-electron chi connectivity index (χ2n) is 5.68. The molecule has 1 aromatic rings. The molecule has 0 unspecified atom stereocenters. The normalized spacial score (nSPS) is 16.1. The van der Waals surface area contributed by atoms with E-state index in [0.717, 1.165) is 12.8 Å². The lowest BCUT2D eigenvalue weighted by atomic mass is 10.1. The molecular formula is C17H23FN2O3. The van der Waals surface area contributed by atoms with Gasteiger partial charge in [-0.1, -0.05) is 6.07 Å². The van der Waals surface area contributed by atoms with Crippen molar-refractivity contribution in [3.8, 4) is 5.75 Å². The number of hydrogen-bond donors (Lipinski definition) is 1. The maximum Gasteiger partial charge on any atom is 0.240 e. The molecule has 0 bridgehead atoms. The molecule has 1 fully saturated rings. The number of carbonyl (C=O) groups is 2. The molecule has 2 amide bonds. The number of amides is 2. The Morgan fingerprint density at radius 3 is 2.87 bits per heavy atom. The predicted octanol–water partition coefficient (Wildman–Crippen LogP) is 2.41. The van der Waals surface area contributed by atoms with Gasteiger partial charge in [0.2, 0.25) is 11.8 Å². The fourth-order valence-electron chi connectivity index (χ4n) is 2.63. The molecule has 6 heteroatoms. The van der Waals surface area contributed by atoms with Crippen molar-refractivity contribution in [2.75, 3.05) is 19.7 Å². The van der Waals surface area contributed by atoms with E-state index < -0.39 is 5.82 Å². The first-order chi connectivity index (χ1) is 11.0. The Balaban J connectivity index is 1.92. The van der Waals surface area contributed by atoms with Crippen LogP contribution in [0.25, 0.3) is 0 Å². The summed E-state index contributed by atoms with van der Waals surface area (Å²) in [6, 6.07) is 4.31. The monoisotopic (exact) mass is 322 g/mol. The average molecular weight is 322 g/mol. The number of halogens is 1. The standard InChI is InChI=1S/C17H23FN2O3/c1-3-23-15-8-7-13(10-14(15)18)12(2)19-16(21)11-20-9-5-4-6-17(20)22/h7-8,10,12H,3-6,9,11H2,1-2H3,(H,19,21)/t12-/m0/s1. The molecule has 1 atom stereocenters. The minimum absolute atomic E-state index is 0.0196. The van der Waals surface area contributed by atoms with Gasteiger partial charge in [0, 0.05) is 13.0 Å². The number of nitrogens with one attached hydrogen (secondary N) is 1. The highest BCUT2D eigenvalue weighted by atomic mass is 19.1. The quantitative estimate of drug-likeness (QED) is 0.875. The molecule has 0 radical (unpaired) electrons. The predicted molar refractivity (Wildman–Crippen MR) is 84.6 cm³/mol. The van der Waals surface area contributed by atoms with Crippen LogP contribution in [0.4, 0.5) is 4.39 Å². The number of piperidine rings is 1. The van der Waals surface area contributed by atoms with Gasteiger partial charge in [0.05, 0.1) is 19.2 Å². The topological polar surface area (TPSA) is 58.6 Å². The molecule has 1 saturated heterocycles. The van der Waals surface area contributed by atoms with Crippen LogP contribution in [0.2, 0.25) is 0 Å². The Kier molecular flexibility index (Phi) is 5.96. The Labute approximate surface area is 135 Å². The number of ether oxygens (including phenoxy) is 1. The van der Waals surface area contributed by atoms with Crippen molar-refractivity contribution in [1.29, 1.82) is 0 Å². The summed E-state index contributed by atoms with van der Waals surface area (Å²) in [5.74, 6) is -0.460. The van der Waals surface area contributed by atoms with E-state index in [2.05, 4.69) is 5.32 Å². The van der Waals surface area contributed by atoms with Gasteiger partial charge in [0.15, 0.2) is 11.6 Å². The van der Waals surface area contributed by atoms with Gasteiger partial charge in [-0.3, -0.25) is 9.59 Å². The maximum absolute atomic E-state index is 13.9. The van der Waals surface area contributed by atoms with Gasteiger partial charge < -0.3 is 15.0 Å². The van der Waals surface area contributed by atoms with E-state index in [9.17, 15) is 14.0 Å². The first-order valence-corrected chi connectivity index (χ1v) is 8.00. The number of nitrogens with zero attached hydrogens (tertiary/aromatic N) is 1. The molecule has 0 aliphatic carbocycles. The van der Waals surface area contributed by atoms with E-state index in [-0.39, 0.29) is 30.2 Å². The zero-order valence-electron chi connectivity index (χ0n) is 13.6. The summed E-state index contributed by atoms with van der Waals surface area (Å²) in [6.07, 6.45) is 2.32. The Hall–Kier alpha value is -2.11. The summed E-state index contributed by atoms with van der Waals surface area (Å²) in [5.41, 5.74) is 0.657. The molecule has 0 aromatic heterocycles. The van der Waals surface area contributed by atoms with Gasteiger partial charge in [-0.25, -0.2) is 4.39 Å². The van der Waals surface area contributed by atoms with Gasteiger partial charge in [-0.15, -0.1) is 0 Å². The van der Waals surface area contributed by atoms with Crippen LogP contribution in [0.3, 0.4) is 0 Å². The van der Waals surface area contributed by atoms with Crippen molar-refractivity contribution in [3.05, 3.63) is 29.6 Å².